The van der Waals surface area contributed by atoms with Gasteiger partial charge < -0.3 is 18.9 Å². The van der Waals surface area contributed by atoms with Crippen LogP contribution in [-0.4, -0.2) is 30.8 Å². The van der Waals surface area contributed by atoms with Crippen molar-refractivity contribution in [3.63, 3.8) is 0 Å². The first-order valence-electron chi connectivity index (χ1n) is 7.26. The van der Waals surface area contributed by atoms with E-state index in [0.717, 1.165) is 0 Å². The van der Waals surface area contributed by atoms with Crippen LogP contribution in [0.2, 0.25) is 5.02 Å². The van der Waals surface area contributed by atoms with E-state index in [2.05, 4.69) is 9.98 Å². The molecule has 0 unspecified atom stereocenters. The van der Waals surface area contributed by atoms with Crippen LogP contribution in [0.15, 0.2) is 41.2 Å². The highest BCUT2D eigenvalue weighted by Gasteiger charge is 2.26. The van der Waals surface area contributed by atoms with Crippen LogP contribution in [-0.2, 0) is 9.53 Å². The lowest BCUT2D eigenvalue weighted by molar-refractivity contribution is -0.129. The van der Waals surface area contributed by atoms with Gasteiger partial charge in [-0.2, -0.15) is 0 Å². The van der Waals surface area contributed by atoms with Crippen molar-refractivity contribution in [2.75, 3.05) is 13.9 Å². The molecule has 126 valence electrons. The first-order chi connectivity index (χ1) is 12.1. The van der Waals surface area contributed by atoms with Crippen molar-refractivity contribution < 1.29 is 23.7 Å². The van der Waals surface area contributed by atoms with Gasteiger partial charge in [-0.3, -0.25) is 4.98 Å². The second kappa shape index (κ2) is 6.10. The zero-order valence-corrected chi connectivity index (χ0v) is 13.7. The van der Waals surface area contributed by atoms with Gasteiger partial charge in [0.05, 0.1) is 7.11 Å². The molecule has 0 aliphatic carbocycles. The van der Waals surface area contributed by atoms with E-state index in [1.54, 1.807) is 30.3 Å². The molecule has 7 nitrogen and oxygen atoms in total. The summed E-state index contributed by atoms with van der Waals surface area (Å²) in [6.45, 7) is 0.122. The predicted molar refractivity (Wildman–Crippen MR) is 89.0 cm³/mol. The van der Waals surface area contributed by atoms with Gasteiger partial charge in [-0.15, -0.1) is 0 Å². The number of nitrogens with zero attached hydrogens (tertiary/aromatic N) is 2. The molecule has 4 rings (SSSR count). The maximum atomic E-state index is 12.1. The number of hydrogen-bond acceptors (Lipinski definition) is 7. The number of halogens is 1. The third-order valence-electron chi connectivity index (χ3n) is 3.55. The van der Waals surface area contributed by atoms with Crippen molar-refractivity contribution in [2.24, 2.45) is 4.99 Å². The van der Waals surface area contributed by atoms with Crippen LogP contribution in [0, 0.1) is 0 Å². The summed E-state index contributed by atoms with van der Waals surface area (Å²) in [5.41, 5.74) is 1.18. The number of esters is 1. The molecule has 0 spiro atoms. The van der Waals surface area contributed by atoms with Crippen LogP contribution in [0.25, 0.3) is 6.08 Å². The molecule has 0 radical (unpaired) electrons. The molecule has 2 aliphatic rings. The van der Waals surface area contributed by atoms with E-state index in [4.69, 9.17) is 30.5 Å². The van der Waals surface area contributed by atoms with E-state index in [9.17, 15) is 4.79 Å². The van der Waals surface area contributed by atoms with Crippen LogP contribution in [0.5, 0.6) is 17.2 Å². The zero-order valence-electron chi connectivity index (χ0n) is 13.0. The van der Waals surface area contributed by atoms with E-state index >= 15 is 0 Å². The van der Waals surface area contributed by atoms with Crippen molar-refractivity contribution in [1.29, 1.82) is 0 Å². The topological polar surface area (TPSA) is 79.2 Å². The lowest BCUT2D eigenvalue weighted by atomic mass is 10.1. The molecule has 0 saturated carbocycles. The maximum absolute atomic E-state index is 12.1. The summed E-state index contributed by atoms with van der Waals surface area (Å²) in [6.07, 6.45) is 3.09. The molecule has 0 atom stereocenters. The fraction of sp³-hybridized carbons (Fsp3) is 0.118. The van der Waals surface area contributed by atoms with Gasteiger partial charge in [0.1, 0.15) is 5.69 Å². The smallest absolute Gasteiger partial charge is 0.363 e. The number of rotatable bonds is 3. The van der Waals surface area contributed by atoms with Gasteiger partial charge in [0.25, 0.3) is 0 Å². The van der Waals surface area contributed by atoms with Crippen molar-refractivity contribution >= 4 is 29.5 Å². The van der Waals surface area contributed by atoms with Gasteiger partial charge in [-0.25, -0.2) is 9.79 Å². The highest BCUT2D eigenvalue weighted by Crippen LogP contribution is 2.42. The summed E-state index contributed by atoms with van der Waals surface area (Å²) < 4.78 is 21.2. The van der Waals surface area contributed by atoms with Crippen molar-refractivity contribution in [3.05, 3.63) is 52.4 Å². The number of methoxy groups -OCH3 is 1. The van der Waals surface area contributed by atoms with E-state index in [1.165, 1.54) is 13.3 Å². The predicted octanol–water partition coefficient (Wildman–Crippen LogP) is 2.82. The fourth-order valence-electron chi connectivity index (χ4n) is 2.43. The minimum Gasteiger partial charge on any atom is -0.493 e. The third kappa shape index (κ3) is 2.89. The number of carbonyl (C=O) groups excluding carboxylic acids is 1. The van der Waals surface area contributed by atoms with Gasteiger partial charge in [-0.05, 0) is 35.9 Å². The van der Waals surface area contributed by atoms with Crippen LogP contribution in [0.3, 0.4) is 0 Å². The number of fused-ring (bicyclic) bond motifs is 1. The molecule has 1 aromatic heterocycles. The highest BCUT2D eigenvalue weighted by atomic mass is 35.5. The summed E-state index contributed by atoms with van der Waals surface area (Å²) in [6, 6.07) is 6.65. The number of carbonyl (C=O) groups is 1. The van der Waals surface area contributed by atoms with Crippen molar-refractivity contribution in [1.82, 2.24) is 4.98 Å². The molecule has 3 heterocycles. The van der Waals surface area contributed by atoms with Crippen molar-refractivity contribution in [3.8, 4) is 17.2 Å². The Balaban J connectivity index is 1.71. The minimum atomic E-state index is -0.576. The first-order valence-corrected chi connectivity index (χ1v) is 7.64. The summed E-state index contributed by atoms with van der Waals surface area (Å²) in [7, 11) is 1.53. The summed E-state index contributed by atoms with van der Waals surface area (Å²) >= 11 is 5.92. The lowest BCUT2D eigenvalue weighted by Gasteiger charge is -2.05. The van der Waals surface area contributed by atoms with Crippen LogP contribution in [0.4, 0.5) is 0 Å². The molecule has 2 aromatic rings. The fourth-order valence-corrected chi connectivity index (χ4v) is 2.59. The molecule has 0 amide bonds. The van der Waals surface area contributed by atoms with Crippen molar-refractivity contribution in [2.45, 2.75) is 0 Å². The number of ether oxygens (including phenoxy) is 4. The molecule has 1 aromatic carbocycles. The Labute approximate surface area is 147 Å². The van der Waals surface area contributed by atoms with Gasteiger partial charge in [0.15, 0.2) is 17.2 Å². The Morgan fingerprint density at radius 3 is 2.96 bits per heavy atom. The number of cyclic esters (lactones) is 1. The highest BCUT2D eigenvalue weighted by molar-refractivity contribution is 6.31. The summed E-state index contributed by atoms with van der Waals surface area (Å²) in [5, 5.41) is 0.474. The average Bonchev–Trinajstić information content (AvgIpc) is 3.21. The standard InChI is InChI=1S/C17H11ClN2O5/c1-22-13-5-9(6-14-15(13)24-8-23-14)4-12-17(21)25-16(20-12)11-7-10(18)2-3-19-11/h2-7H,8H2,1H3/b12-4-. The zero-order chi connectivity index (χ0) is 17.4. The Morgan fingerprint density at radius 1 is 1.28 bits per heavy atom. The monoisotopic (exact) mass is 358 g/mol. The first kappa shape index (κ1) is 15.5. The molecule has 25 heavy (non-hydrogen) atoms. The number of pyridine rings is 1. The normalized spacial score (nSPS) is 16.8. The molecule has 0 bridgehead atoms. The van der Waals surface area contributed by atoms with E-state index in [0.29, 0.717) is 33.5 Å². The largest absolute Gasteiger partial charge is 0.493 e. The summed E-state index contributed by atoms with van der Waals surface area (Å²) in [4.78, 5) is 20.4. The Bertz CT molecular complexity index is 939. The van der Waals surface area contributed by atoms with E-state index in [1.807, 2.05) is 0 Å². The van der Waals surface area contributed by atoms with E-state index < -0.39 is 5.97 Å². The number of benzene rings is 1. The van der Waals surface area contributed by atoms with Gasteiger partial charge >= 0.3 is 5.97 Å². The van der Waals surface area contributed by atoms with Gasteiger partial charge in [0, 0.05) is 11.2 Å². The van der Waals surface area contributed by atoms with Gasteiger partial charge in [0.2, 0.25) is 18.4 Å². The summed E-state index contributed by atoms with van der Waals surface area (Å²) in [5.74, 6) is 1.11. The molecular formula is C17H11ClN2O5. The molecule has 0 N–H and O–H groups in total. The SMILES string of the molecule is COc1cc(/C=C2\N=C(c3cc(Cl)ccn3)OC2=O)cc2c1OCO2. The van der Waals surface area contributed by atoms with E-state index in [-0.39, 0.29) is 18.4 Å². The molecule has 0 fully saturated rings. The molecular weight excluding hydrogens is 348 g/mol. The minimum absolute atomic E-state index is 0.103. The van der Waals surface area contributed by atoms with Crippen LogP contribution in [0.1, 0.15) is 11.3 Å². The Hall–Kier alpha value is -3.06. The quantitative estimate of drug-likeness (QED) is 0.620. The molecule has 8 heteroatoms. The average molecular weight is 359 g/mol. The number of aliphatic imine (C=N–C) groups is 1. The van der Waals surface area contributed by atoms with Crippen LogP contribution >= 0.6 is 11.6 Å². The second-order valence-corrected chi connectivity index (χ2v) is 5.59. The number of aromatic nitrogens is 1. The number of hydrogen-bond donors (Lipinski definition) is 0. The maximum Gasteiger partial charge on any atom is 0.363 e. The second-order valence-electron chi connectivity index (χ2n) is 5.15. The molecule has 0 saturated heterocycles. The third-order valence-corrected chi connectivity index (χ3v) is 3.78. The Kier molecular flexibility index (Phi) is 3.77. The lowest BCUT2D eigenvalue weighted by Crippen LogP contribution is -2.07. The van der Waals surface area contributed by atoms with Crippen LogP contribution < -0.4 is 14.2 Å². The molecule has 2 aliphatic heterocycles. The Morgan fingerprint density at radius 2 is 2.16 bits per heavy atom. The van der Waals surface area contributed by atoms with Gasteiger partial charge in [-0.1, -0.05) is 11.6 Å².